The first kappa shape index (κ1) is 22.9. The maximum Gasteiger partial charge on any atom is 0.205 e. The van der Waals surface area contributed by atoms with Gasteiger partial charge < -0.3 is 15.1 Å². The summed E-state index contributed by atoms with van der Waals surface area (Å²) < 4.78 is 4.40. The largest absolute Gasteiger partial charge is 0.356 e. The normalized spacial score (nSPS) is 15.9. The first-order valence-corrected chi connectivity index (χ1v) is 10.5. The van der Waals surface area contributed by atoms with Gasteiger partial charge in [-0.25, -0.2) is 4.98 Å². The van der Waals surface area contributed by atoms with Gasteiger partial charge in [-0.15, -0.1) is 24.0 Å². The van der Waals surface area contributed by atoms with Crippen molar-refractivity contribution in [1.29, 1.82) is 0 Å². The average molecular weight is 514 g/mol. The second-order valence-electron chi connectivity index (χ2n) is 7.06. The Bertz CT molecular complexity index is 770. The fourth-order valence-electron chi connectivity index (χ4n) is 3.30. The van der Waals surface area contributed by atoms with Crippen LogP contribution >= 0.6 is 35.5 Å². The molecule has 0 radical (unpaired) electrons. The lowest BCUT2D eigenvalue weighted by atomic mass is 9.99. The minimum Gasteiger partial charge on any atom is -0.356 e. The van der Waals surface area contributed by atoms with Crippen LogP contribution in [0.15, 0.2) is 29.3 Å². The zero-order chi connectivity index (χ0) is 19.2. The van der Waals surface area contributed by atoms with Gasteiger partial charge in [0.15, 0.2) is 5.96 Å². The number of guanidine groups is 1. The topological polar surface area (TPSA) is 56.7 Å². The van der Waals surface area contributed by atoms with Crippen LogP contribution in [0, 0.1) is 6.92 Å². The third kappa shape index (κ3) is 5.79. The number of nitrogens with zero attached hydrogens (tertiary/aromatic N) is 5. The first-order valence-electron chi connectivity index (χ1n) is 9.70. The van der Waals surface area contributed by atoms with Crippen molar-refractivity contribution in [2.75, 3.05) is 44.7 Å². The predicted octanol–water partition coefficient (Wildman–Crippen LogP) is 3.53. The highest BCUT2D eigenvalue weighted by atomic mass is 127. The van der Waals surface area contributed by atoms with E-state index in [1.54, 1.807) is 0 Å². The van der Waals surface area contributed by atoms with Gasteiger partial charge in [-0.1, -0.05) is 43.7 Å². The van der Waals surface area contributed by atoms with E-state index in [1.807, 2.05) is 7.05 Å². The number of piperazine rings is 1. The molecule has 2 aromatic rings. The van der Waals surface area contributed by atoms with Crippen LogP contribution in [0.2, 0.25) is 0 Å². The van der Waals surface area contributed by atoms with Crippen LogP contribution in [-0.2, 0) is 6.42 Å². The van der Waals surface area contributed by atoms with Crippen LogP contribution < -0.4 is 10.2 Å². The van der Waals surface area contributed by atoms with Gasteiger partial charge in [-0.05, 0) is 18.4 Å². The third-order valence-electron chi connectivity index (χ3n) is 5.01. The van der Waals surface area contributed by atoms with Gasteiger partial charge in [0.05, 0.1) is 0 Å². The molecule has 1 saturated heterocycles. The lowest BCUT2D eigenvalue weighted by Gasteiger charge is -2.36. The molecule has 6 nitrogen and oxygen atoms in total. The highest BCUT2D eigenvalue weighted by Gasteiger charge is 2.22. The minimum atomic E-state index is 0. The molecular formula is C20H31IN6S. The van der Waals surface area contributed by atoms with Gasteiger partial charge in [-0.2, -0.15) is 4.37 Å². The number of aromatic nitrogens is 2. The minimum absolute atomic E-state index is 0. The van der Waals surface area contributed by atoms with Crippen LogP contribution in [0.3, 0.4) is 0 Å². The molecule has 1 atom stereocenters. The molecule has 1 N–H and O–H groups in total. The van der Waals surface area contributed by atoms with Crippen molar-refractivity contribution in [2.24, 2.45) is 4.99 Å². The summed E-state index contributed by atoms with van der Waals surface area (Å²) in [5.74, 6) is 2.37. The van der Waals surface area contributed by atoms with Crippen LogP contribution in [0.4, 0.5) is 5.13 Å². The highest BCUT2D eigenvalue weighted by molar-refractivity contribution is 14.0. The quantitative estimate of drug-likeness (QED) is 0.376. The van der Waals surface area contributed by atoms with E-state index in [0.717, 1.165) is 56.1 Å². The molecule has 0 bridgehead atoms. The number of aryl methyl sites for hydroxylation is 2. The molecule has 154 valence electrons. The van der Waals surface area contributed by atoms with Crippen molar-refractivity contribution in [2.45, 2.75) is 33.1 Å². The lowest BCUT2D eigenvalue weighted by molar-refractivity contribution is 0.371. The maximum absolute atomic E-state index is 4.61. The number of anilines is 1. The summed E-state index contributed by atoms with van der Waals surface area (Å²) in [4.78, 5) is 13.8. The smallest absolute Gasteiger partial charge is 0.205 e. The molecule has 1 aliphatic rings. The molecule has 8 heteroatoms. The van der Waals surface area contributed by atoms with Crippen molar-refractivity contribution in [3.63, 3.8) is 0 Å². The Morgan fingerprint density at radius 1 is 1.29 bits per heavy atom. The molecular weight excluding hydrogens is 483 g/mol. The Morgan fingerprint density at radius 2 is 2.04 bits per heavy atom. The fraction of sp³-hybridized carbons (Fsp3) is 0.550. The highest BCUT2D eigenvalue weighted by Crippen LogP contribution is 2.19. The summed E-state index contributed by atoms with van der Waals surface area (Å²) in [7, 11) is 1.87. The molecule has 3 rings (SSSR count). The molecule has 0 spiro atoms. The molecule has 0 amide bonds. The molecule has 1 aliphatic heterocycles. The number of halogens is 1. The molecule has 1 unspecified atom stereocenters. The Kier molecular flexibility index (Phi) is 8.94. The maximum atomic E-state index is 4.61. The van der Waals surface area contributed by atoms with Gasteiger partial charge in [0.2, 0.25) is 5.13 Å². The van der Waals surface area contributed by atoms with E-state index in [-0.39, 0.29) is 24.0 Å². The Balaban J connectivity index is 0.00000280. The molecule has 0 aliphatic carbocycles. The molecule has 28 heavy (non-hydrogen) atoms. The SMILES string of the molecule is CCc1nsc(N2CCN(C(=NC)NCC(C)c3cccc(C)c3)CC2)n1.I. The van der Waals surface area contributed by atoms with Crippen molar-refractivity contribution in [1.82, 2.24) is 19.6 Å². The number of benzene rings is 1. The number of nitrogens with one attached hydrogen (secondary N) is 1. The van der Waals surface area contributed by atoms with Crippen molar-refractivity contribution in [3.8, 4) is 0 Å². The standard InChI is InChI=1S/C20H30N6S.HI/c1-5-18-23-20(27-24-18)26-11-9-25(10-12-26)19(21-4)22-14-16(3)17-8-6-7-15(2)13-17;/h6-8,13,16H,5,9-12,14H2,1-4H3,(H,21,22);1H. The molecule has 1 fully saturated rings. The average Bonchev–Trinajstić information content (AvgIpc) is 3.18. The van der Waals surface area contributed by atoms with E-state index < -0.39 is 0 Å². The van der Waals surface area contributed by atoms with E-state index in [1.165, 1.54) is 22.7 Å². The zero-order valence-corrected chi connectivity index (χ0v) is 20.3. The van der Waals surface area contributed by atoms with Gasteiger partial charge in [0.25, 0.3) is 0 Å². The second-order valence-corrected chi connectivity index (χ2v) is 7.79. The lowest BCUT2D eigenvalue weighted by Crippen LogP contribution is -2.53. The summed E-state index contributed by atoms with van der Waals surface area (Å²) >= 11 is 1.51. The Labute approximate surface area is 189 Å². The van der Waals surface area contributed by atoms with Crippen LogP contribution in [0.1, 0.15) is 36.7 Å². The van der Waals surface area contributed by atoms with E-state index in [2.05, 4.69) is 74.5 Å². The zero-order valence-electron chi connectivity index (χ0n) is 17.2. The summed E-state index contributed by atoms with van der Waals surface area (Å²) in [6, 6.07) is 8.74. The summed E-state index contributed by atoms with van der Waals surface area (Å²) in [5, 5.41) is 4.60. The Hall–Kier alpha value is -1.42. The number of hydrogen-bond donors (Lipinski definition) is 1. The Morgan fingerprint density at radius 3 is 2.64 bits per heavy atom. The van der Waals surface area contributed by atoms with Crippen LogP contribution in [0.25, 0.3) is 0 Å². The van der Waals surface area contributed by atoms with Crippen LogP contribution in [0.5, 0.6) is 0 Å². The van der Waals surface area contributed by atoms with Crippen LogP contribution in [-0.4, -0.2) is 60.0 Å². The number of aliphatic imine (C=N–C) groups is 1. The van der Waals surface area contributed by atoms with Crippen molar-refractivity contribution < 1.29 is 0 Å². The number of rotatable bonds is 5. The van der Waals surface area contributed by atoms with Crippen molar-refractivity contribution >= 4 is 46.6 Å². The molecule has 1 aromatic heterocycles. The van der Waals surface area contributed by atoms with E-state index in [0.29, 0.717) is 5.92 Å². The van der Waals surface area contributed by atoms with Gasteiger partial charge in [0.1, 0.15) is 5.82 Å². The van der Waals surface area contributed by atoms with Crippen molar-refractivity contribution in [3.05, 3.63) is 41.2 Å². The van der Waals surface area contributed by atoms with E-state index >= 15 is 0 Å². The first-order chi connectivity index (χ1) is 13.1. The molecule has 0 saturated carbocycles. The van der Waals surface area contributed by atoms with E-state index in [9.17, 15) is 0 Å². The summed E-state index contributed by atoms with van der Waals surface area (Å²) in [6.45, 7) is 11.2. The second kappa shape index (κ2) is 10.9. The predicted molar refractivity (Wildman–Crippen MR) is 129 cm³/mol. The van der Waals surface area contributed by atoms with Gasteiger partial charge in [-0.3, -0.25) is 4.99 Å². The monoisotopic (exact) mass is 514 g/mol. The van der Waals surface area contributed by atoms with Gasteiger partial charge >= 0.3 is 0 Å². The summed E-state index contributed by atoms with van der Waals surface area (Å²) in [5.41, 5.74) is 2.67. The molecule has 1 aromatic carbocycles. The molecule has 2 heterocycles. The third-order valence-corrected chi connectivity index (χ3v) is 5.83. The number of hydrogen-bond acceptors (Lipinski definition) is 5. The fourth-order valence-corrected chi connectivity index (χ4v) is 4.10. The van der Waals surface area contributed by atoms with E-state index in [4.69, 9.17) is 0 Å². The van der Waals surface area contributed by atoms with Gasteiger partial charge in [0, 0.05) is 57.7 Å². The summed E-state index contributed by atoms with van der Waals surface area (Å²) in [6.07, 6.45) is 0.895.